The molecule has 0 saturated heterocycles. The standard InChI is InChI=1S/C11H13N3/c1-2-3-4-5-10-6-9(7-12)11(8-13)14-10/h6,14H,2-5H2,1H3. The molecule has 0 fully saturated rings. The molecule has 0 amide bonds. The van der Waals surface area contributed by atoms with E-state index < -0.39 is 0 Å². The Kier molecular flexibility index (Phi) is 3.76. The van der Waals surface area contributed by atoms with Gasteiger partial charge >= 0.3 is 0 Å². The number of nitrogens with one attached hydrogen (secondary N) is 1. The third-order valence-corrected chi connectivity index (χ3v) is 2.16. The summed E-state index contributed by atoms with van der Waals surface area (Å²) < 4.78 is 0. The average molecular weight is 187 g/mol. The van der Waals surface area contributed by atoms with Crippen LogP contribution in [0.2, 0.25) is 0 Å². The summed E-state index contributed by atoms with van der Waals surface area (Å²) in [5.74, 6) is 0. The lowest BCUT2D eigenvalue weighted by molar-refractivity contribution is 0.709. The topological polar surface area (TPSA) is 63.4 Å². The van der Waals surface area contributed by atoms with Crippen molar-refractivity contribution in [2.75, 3.05) is 0 Å². The van der Waals surface area contributed by atoms with E-state index >= 15 is 0 Å². The number of H-pyrrole nitrogens is 1. The van der Waals surface area contributed by atoms with Crippen LogP contribution in [-0.4, -0.2) is 4.98 Å². The Morgan fingerprint density at radius 3 is 2.57 bits per heavy atom. The van der Waals surface area contributed by atoms with Crippen molar-refractivity contribution in [1.82, 2.24) is 4.98 Å². The van der Waals surface area contributed by atoms with E-state index in [1.165, 1.54) is 12.8 Å². The highest BCUT2D eigenvalue weighted by Gasteiger charge is 2.05. The molecule has 72 valence electrons. The lowest BCUT2D eigenvalue weighted by Crippen LogP contribution is -1.85. The predicted molar refractivity (Wildman–Crippen MR) is 53.5 cm³/mol. The molecule has 0 bridgehead atoms. The Labute approximate surface area is 84.0 Å². The van der Waals surface area contributed by atoms with Crippen LogP contribution in [0.3, 0.4) is 0 Å². The van der Waals surface area contributed by atoms with Crippen molar-refractivity contribution < 1.29 is 0 Å². The van der Waals surface area contributed by atoms with Gasteiger partial charge in [0.15, 0.2) is 0 Å². The molecule has 0 atom stereocenters. The van der Waals surface area contributed by atoms with Gasteiger partial charge in [0.25, 0.3) is 0 Å². The number of aromatic nitrogens is 1. The Hall–Kier alpha value is -1.74. The molecule has 1 aromatic rings. The zero-order chi connectivity index (χ0) is 10.4. The van der Waals surface area contributed by atoms with Crippen LogP contribution in [-0.2, 0) is 6.42 Å². The van der Waals surface area contributed by atoms with E-state index in [1.54, 1.807) is 6.07 Å². The largest absolute Gasteiger partial charge is 0.349 e. The normalized spacial score (nSPS) is 9.36. The minimum Gasteiger partial charge on any atom is -0.349 e. The lowest BCUT2D eigenvalue weighted by atomic mass is 10.1. The minimum absolute atomic E-state index is 0.388. The first-order valence-electron chi connectivity index (χ1n) is 4.84. The van der Waals surface area contributed by atoms with Crippen LogP contribution >= 0.6 is 0 Å². The van der Waals surface area contributed by atoms with E-state index in [1.807, 2.05) is 12.1 Å². The van der Waals surface area contributed by atoms with Gasteiger partial charge in [-0.15, -0.1) is 0 Å². The first kappa shape index (κ1) is 10.3. The quantitative estimate of drug-likeness (QED) is 0.736. The predicted octanol–water partition coefficient (Wildman–Crippen LogP) is 2.49. The second kappa shape index (κ2) is 5.09. The van der Waals surface area contributed by atoms with Crippen LogP contribution in [0.25, 0.3) is 0 Å². The molecule has 0 spiro atoms. The fourth-order valence-corrected chi connectivity index (χ4v) is 1.39. The van der Waals surface area contributed by atoms with Crippen LogP contribution in [0, 0.1) is 22.7 Å². The molecule has 0 aliphatic heterocycles. The molecule has 1 heterocycles. The first-order valence-corrected chi connectivity index (χ1v) is 4.84. The fraction of sp³-hybridized carbons (Fsp3) is 0.455. The van der Waals surface area contributed by atoms with Crippen LogP contribution < -0.4 is 0 Å². The van der Waals surface area contributed by atoms with Gasteiger partial charge in [0.05, 0.1) is 5.56 Å². The molecule has 3 heteroatoms. The van der Waals surface area contributed by atoms with E-state index in [9.17, 15) is 0 Å². The molecule has 1 aromatic heterocycles. The van der Waals surface area contributed by atoms with Crippen molar-refractivity contribution in [3.8, 4) is 12.1 Å². The third kappa shape index (κ3) is 2.37. The first-order chi connectivity index (χ1) is 6.81. The molecule has 0 radical (unpaired) electrons. The van der Waals surface area contributed by atoms with Crippen molar-refractivity contribution >= 4 is 0 Å². The summed E-state index contributed by atoms with van der Waals surface area (Å²) in [6.07, 6.45) is 4.39. The highest BCUT2D eigenvalue weighted by atomic mass is 14.7. The lowest BCUT2D eigenvalue weighted by Gasteiger charge is -1.94. The molecule has 14 heavy (non-hydrogen) atoms. The van der Waals surface area contributed by atoms with Crippen LogP contribution in [0.4, 0.5) is 0 Å². The van der Waals surface area contributed by atoms with Gasteiger partial charge in [-0.3, -0.25) is 0 Å². The van der Waals surface area contributed by atoms with Gasteiger partial charge < -0.3 is 4.98 Å². The summed E-state index contributed by atoms with van der Waals surface area (Å²) in [5.41, 5.74) is 1.84. The molecule has 0 unspecified atom stereocenters. The van der Waals surface area contributed by atoms with E-state index in [2.05, 4.69) is 11.9 Å². The third-order valence-electron chi connectivity index (χ3n) is 2.16. The molecule has 1 rings (SSSR count). The summed E-state index contributed by atoms with van der Waals surface area (Å²) in [6, 6.07) is 5.75. The van der Waals surface area contributed by atoms with Crippen LogP contribution in [0.1, 0.15) is 43.1 Å². The number of hydrogen-bond donors (Lipinski definition) is 1. The Balaban J connectivity index is 2.67. The summed E-state index contributed by atoms with van der Waals surface area (Å²) in [6.45, 7) is 2.15. The van der Waals surface area contributed by atoms with Crippen molar-refractivity contribution in [2.24, 2.45) is 0 Å². The highest BCUT2D eigenvalue weighted by Crippen LogP contribution is 2.11. The minimum atomic E-state index is 0.388. The van der Waals surface area contributed by atoms with Gasteiger partial charge in [0.2, 0.25) is 0 Å². The number of nitriles is 2. The summed E-state index contributed by atoms with van der Waals surface area (Å²) in [7, 11) is 0. The SMILES string of the molecule is CCCCCc1cc(C#N)c(C#N)[nH]1. The van der Waals surface area contributed by atoms with Gasteiger partial charge in [0.1, 0.15) is 17.8 Å². The molecule has 0 saturated carbocycles. The number of aryl methyl sites for hydroxylation is 1. The second-order valence-electron chi connectivity index (χ2n) is 3.26. The van der Waals surface area contributed by atoms with E-state index in [4.69, 9.17) is 10.5 Å². The Morgan fingerprint density at radius 1 is 1.29 bits per heavy atom. The van der Waals surface area contributed by atoms with Gasteiger partial charge in [-0.1, -0.05) is 19.8 Å². The molecule has 1 N–H and O–H groups in total. The monoisotopic (exact) mass is 187 g/mol. The van der Waals surface area contributed by atoms with Crippen molar-refractivity contribution in [3.05, 3.63) is 23.0 Å². The van der Waals surface area contributed by atoms with Gasteiger partial charge in [-0.2, -0.15) is 10.5 Å². The van der Waals surface area contributed by atoms with Crippen molar-refractivity contribution in [1.29, 1.82) is 10.5 Å². The zero-order valence-electron chi connectivity index (χ0n) is 8.30. The van der Waals surface area contributed by atoms with Crippen molar-refractivity contribution in [3.63, 3.8) is 0 Å². The summed E-state index contributed by atoms with van der Waals surface area (Å²) in [5, 5.41) is 17.4. The van der Waals surface area contributed by atoms with Crippen molar-refractivity contribution in [2.45, 2.75) is 32.6 Å². The maximum Gasteiger partial charge on any atom is 0.135 e. The zero-order valence-corrected chi connectivity index (χ0v) is 8.30. The summed E-state index contributed by atoms with van der Waals surface area (Å²) in [4.78, 5) is 2.96. The van der Waals surface area contributed by atoms with E-state index in [0.717, 1.165) is 18.5 Å². The number of hydrogen-bond acceptors (Lipinski definition) is 2. The molecular formula is C11H13N3. The number of nitrogens with zero attached hydrogens (tertiary/aromatic N) is 2. The van der Waals surface area contributed by atoms with Gasteiger partial charge in [-0.05, 0) is 18.9 Å². The second-order valence-corrected chi connectivity index (χ2v) is 3.26. The number of rotatable bonds is 4. The van der Waals surface area contributed by atoms with Gasteiger partial charge in [-0.25, -0.2) is 0 Å². The number of aromatic amines is 1. The highest BCUT2D eigenvalue weighted by molar-refractivity contribution is 5.43. The smallest absolute Gasteiger partial charge is 0.135 e. The molecule has 0 aliphatic rings. The average Bonchev–Trinajstić information content (AvgIpc) is 2.61. The van der Waals surface area contributed by atoms with E-state index in [-0.39, 0.29) is 0 Å². The van der Waals surface area contributed by atoms with E-state index in [0.29, 0.717) is 11.3 Å². The van der Waals surface area contributed by atoms with Crippen LogP contribution in [0.15, 0.2) is 6.07 Å². The molecule has 0 aromatic carbocycles. The Morgan fingerprint density at radius 2 is 2.07 bits per heavy atom. The maximum absolute atomic E-state index is 8.71. The summed E-state index contributed by atoms with van der Waals surface area (Å²) >= 11 is 0. The molecule has 3 nitrogen and oxygen atoms in total. The molecular weight excluding hydrogens is 174 g/mol. The molecule has 0 aliphatic carbocycles. The van der Waals surface area contributed by atoms with Gasteiger partial charge in [0, 0.05) is 5.69 Å². The fourth-order valence-electron chi connectivity index (χ4n) is 1.39. The Bertz CT molecular complexity index is 345. The van der Waals surface area contributed by atoms with Crippen LogP contribution in [0.5, 0.6) is 0 Å². The maximum atomic E-state index is 8.71. The number of unbranched alkanes of at least 4 members (excludes halogenated alkanes) is 2.